The summed E-state index contributed by atoms with van der Waals surface area (Å²) in [5.74, 6) is 1.64. The van der Waals surface area contributed by atoms with Crippen molar-refractivity contribution in [3.8, 4) is 11.4 Å². The first-order valence-electron chi connectivity index (χ1n) is 6.83. The lowest BCUT2D eigenvalue weighted by atomic mass is 9.97. The van der Waals surface area contributed by atoms with Gasteiger partial charge in [-0.1, -0.05) is 36.3 Å². The van der Waals surface area contributed by atoms with Crippen LogP contribution >= 0.6 is 0 Å². The topological polar surface area (TPSA) is 64.9 Å². The van der Waals surface area contributed by atoms with Crippen LogP contribution in [0.4, 0.5) is 0 Å². The van der Waals surface area contributed by atoms with Crippen molar-refractivity contribution in [3.63, 3.8) is 0 Å². The summed E-state index contributed by atoms with van der Waals surface area (Å²) in [4.78, 5) is 4.47. The van der Waals surface area contributed by atoms with E-state index in [2.05, 4.69) is 29.2 Å². The van der Waals surface area contributed by atoms with Crippen LogP contribution in [-0.2, 0) is 12.0 Å². The molecule has 4 heteroatoms. The molecule has 100 valence electrons. The Bertz CT molecular complexity index is 567. The largest absolute Gasteiger partial charge is 0.337 e. The van der Waals surface area contributed by atoms with Gasteiger partial charge in [-0.25, -0.2) is 0 Å². The summed E-state index contributed by atoms with van der Waals surface area (Å²) in [6, 6.07) is 8.23. The SMILES string of the molecule is CCc1ccc(-c2noc(C(C)(N)C3CC3)n2)cc1. The Labute approximate surface area is 113 Å². The Morgan fingerprint density at radius 1 is 1.32 bits per heavy atom. The van der Waals surface area contributed by atoms with Crippen LogP contribution in [0.5, 0.6) is 0 Å². The first-order chi connectivity index (χ1) is 9.11. The lowest BCUT2D eigenvalue weighted by molar-refractivity contribution is 0.273. The monoisotopic (exact) mass is 257 g/mol. The van der Waals surface area contributed by atoms with E-state index >= 15 is 0 Å². The highest BCUT2D eigenvalue weighted by Gasteiger charge is 2.43. The van der Waals surface area contributed by atoms with Crippen molar-refractivity contribution in [1.82, 2.24) is 10.1 Å². The molecule has 1 unspecified atom stereocenters. The van der Waals surface area contributed by atoms with Crippen molar-refractivity contribution in [3.05, 3.63) is 35.7 Å². The molecule has 1 heterocycles. The lowest BCUT2D eigenvalue weighted by Crippen LogP contribution is -2.35. The first-order valence-corrected chi connectivity index (χ1v) is 6.83. The van der Waals surface area contributed by atoms with Gasteiger partial charge in [-0.2, -0.15) is 4.98 Å². The highest BCUT2D eigenvalue weighted by molar-refractivity contribution is 5.54. The van der Waals surface area contributed by atoms with Crippen molar-refractivity contribution in [2.75, 3.05) is 0 Å². The van der Waals surface area contributed by atoms with E-state index in [4.69, 9.17) is 10.3 Å². The molecule has 1 fully saturated rings. The summed E-state index contributed by atoms with van der Waals surface area (Å²) in [5, 5.41) is 4.05. The van der Waals surface area contributed by atoms with Gasteiger partial charge in [-0.05, 0) is 37.7 Å². The predicted octanol–water partition coefficient (Wildman–Crippen LogP) is 2.88. The summed E-state index contributed by atoms with van der Waals surface area (Å²) in [6.07, 6.45) is 3.33. The molecule has 1 aliphatic rings. The molecular weight excluding hydrogens is 238 g/mol. The maximum absolute atomic E-state index is 6.28. The van der Waals surface area contributed by atoms with Gasteiger partial charge in [0.2, 0.25) is 11.7 Å². The molecule has 0 radical (unpaired) electrons. The van der Waals surface area contributed by atoms with Crippen molar-refractivity contribution >= 4 is 0 Å². The molecule has 1 aliphatic carbocycles. The second-order valence-electron chi connectivity index (χ2n) is 5.53. The number of hydrogen-bond donors (Lipinski definition) is 1. The third kappa shape index (κ3) is 2.28. The van der Waals surface area contributed by atoms with Gasteiger partial charge in [-0.15, -0.1) is 0 Å². The molecule has 2 aromatic rings. The molecule has 0 amide bonds. The molecule has 1 saturated carbocycles. The summed E-state index contributed by atoms with van der Waals surface area (Å²) >= 11 is 0. The number of nitrogens with zero attached hydrogens (tertiary/aromatic N) is 2. The zero-order valence-corrected chi connectivity index (χ0v) is 11.4. The normalized spacial score (nSPS) is 18.3. The number of benzene rings is 1. The third-order valence-electron chi connectivity index (χ3n) is 3.93. The summed E-state index contributed by atoms with van der Waals surface area (Å²) in [7, 11) is 0. The van der Waals surface area contributed by atoms with Crippen molar-refractivity contribution in [1.29, 1.82) is 0 Å². The minimum atomic E-state index is -0.491. The molecule has 19 heavy (non-hydrogen) atoms. The van der Waals surface area contributed by atoms with E-state index in [-0.39, 0.29) is 0 Å². The molecule has 3 rings (SSSR count). The van der Waals surface area contributed by atoms with E-state index < -0.39 is 5.54 Å². The standard InChI is InChI=1S/C15H19N3O/c1-3-10-4-6-11(7-5-10)13-17-14(19-18-13)15(2,16)12-8-9-12/h4-7,12H,3,8-9,16H2,1-2H3. The van der Waals surface area contributed by atoms with Gasteiger partial charge >= 0.3 is 0 Å². The molecule has 0 bridgehead atoms. The maximum atomic E-state index is 6.28. The van der Waals surface area contributed by atoms with E-state index in [0.29, 0.717) is 17.6 Å². The second kappa shape index (κ2) is 4.46. The first kappa shape index (κ1) is 12.4. The van der Waals surface area contributed by atoms with E-state index in [0.717, 1.165) is 24.8 Å². The second-order valence-corrected chi connectivity index (χ2v) is 5.53. The van der Waals surface area contributed by atoms with E-state index in [1.54, 1.807) is 0 Å². The van der Waals surface area contributed by atoms with Crippen molar-refractivity contribution in [2.45, 2.75) is 38.6 Å². The molecule has 0 aliphatic heterocycles. The van der Waals surface area contributed by atoms with E-state index in [1.165, 1.54) is 5.56 Å². The summed E-state index contributed by atoms with van der Waals surface area (Å²) in [6.45, 7) is 4.11. The van der Waals surface area contributed by atoms with Crippen LogP contribution < -0.4 is 5.73 Å². The van der Waals surface area contributed by atoms with Crippen LogP contribution in [-0.4, -0.2) is 10.1 Å². The smallest absolute Gasteiger partial charge is 0.247 e. The van der Waals surface area contributed by atoms with E-state index in [1.807, 2.05) is 19.1 Å². The van der Waals surface area contributed by atoms with Crippen molar-refractivity contribution in [2.24, 2.45) is 11.7 Å². The fourth-order valence-corrected chi connectivity index (χ4v) is 2.31. The van der Waals surface area contributed by atoms with Crippen molar-refractivity contribution < 1.29 is 4.52 Å². The number of aryl methyl sites for hydroxylation is 1. The fraction of sp³-hybridized carbons (Fsp3) is 0.467. The predicted molar refractivity (Wildman–Crippen MR) is 73.4 cm³/mol. The zero-order chi connectivity index (χ0) is 13.5. The summed E-state index contributed by atoms with van der Waals surface area (Å²) in [5.41, 5.74) is 8.06. The molecule has 4 nitrogen and oxygen atoms in total. The highest BCUT2D eigenvalue weighted by atomic mass is 16.5. The Kier molecular flexibility index (Phi) is 2.90. The zero-order valence-electron chi connectivity index (χ0n) is 11.4. The molecule has 2 N–H and O–H groups in total. The average Bonchev–Trinajstić information content (AvgIpc) is 3.17. The lowest BCUT2D eigenvalue weighted by Gasteiger charge is -2.18. The van der Waals surface area contributed by atoms with Crippen LogP contribution in [0.25, 0.3) is 11.4 Å². The quantitative estimate of drug-likeness (QED) is 0.914. The van der Waals surface area contributed by atoms with Crippen LogP contribution in [0.15, 0.2) is 28.8 Å². The molecular formula is C15H19N3O. The Hall–Kier alpha value is -1.68. The van der Waals surface area contributed by atoms with Gasteiger partial charge in [0.25, 0.3) is 0 Å². The molecule has 0 spiro atoms. The number of rotatable bonds is 4. The Morgan fingerprint density at radius 2 is 2.00 bits per heavy atom. The van der Waals surface area contributed by atoms with Crippen LogP contribution in [0, 0.1) is 5.92 Å². The van der Waals surface area contributed by atoms with Crippen LogP contribution in [0.1, 0.15) is 38.1 Å². The fourth-order valence-electron chi connectivity index (χ4n) is 2.31. The number of aromatic nitrogens is 2. The minimum absolute atomic E-state index is 0.475. The Balaban J connectivity index is 1.87. The third-order valence-corrected chi connectivity index (χ3v) is 3.93. The van der Waals surface area contributed by atoms with Gasteiger partial charge in [-0.3, -0.25) is 0 Å². The Morgan fingerprint density at radius 3 is 2.58 bits per heavy atom. The maximum Gasteiger partial charge on any atom is 0.247 e. The van der Waals surface area contributed by atoms with Crippen LogP contribution in [0.3, 0.4) is 0 Å². The van der Waals surface area contributed by atoms with Gasteiger partial charge in [0.1, 0.15) is 0 Å². The molecule has 1 atom stereocenters. The molecule has 1 aromatic carbocycles. The average molecular weight is 257 g/mol. The van der Waals surface area contributed by atoms with E-state index in [9.17, 15) is 0 Å². The summed E-state index contributed by atoms with van der Waals surface area (Å²) < 4.78 is 5.36. The number of hydrogen-bond acceptors (Lipinski definition) is 4. The minimum Gasteiger partial charge on any atom is -0.337 e. The highest BCUT2D eigenvalue weighted by Crippen LogP contribution is 2.43. The number of nitrogens with two attached hydrogens (primary N) is 1. The van der Waals surface area contributed by atoms with Crippen LogP contribution in [0.2, 0.25) is 0 Å². The van der Waals surface area contributed by atoms with Gasteiger partial charge in [0.15, 0.2) is 0 Å². The van der Waals surface area contributed by atoms with Gasteiger partial charge in [0.05, 0.1) is 5.54 Å². The van der Waals surface area contributed by atoms with Gasteiger partial charge in [0, 0.05) is 5.56 Å². The van der Waals surface area contributed by atoms with Gasteiger partial charge < -0.3 is 10.3 Å². The molecule has 1 aromatic heterocycles. The molecule has 0 saturated heterocycles.